The van der Waals surface area contributed by atoms with Gasteiger partial charge in [0.2, 0.25) is 0 Å². The Kier molecular flexibility index (Phi) is 5.17. The first-order valence-corrected chi connectivity index (χ1v) is 13.1. The summed E-state index contributed by atoms with van der Waals surface area (Å²) < 4.78 is 0. The van der Waals surface area contributed by atoms with Gasteiger partial charge in [-0.05, 0) is 79.8 Å². The first-order chi connectivity index (χ1) is 17.9. The second-order valence-electron chi connectivity index (χ2n) is 9.97. The Balaban J connectivity index is 1.42. The largest absolute Gasteiger partial charge is 0.0622 e. The summed E-state index contributed by atoms with van der Waals surface area (Å²) in [7, 11) is 0. The molecule has 0 heterocycles. The lowest BCUT2D eigenvalue weighted by molar-refractivity contribution is 0.616. The van der Waals surface area contributed by atoms with Crippen LogP contribution in [0.2, 0.25) is 0 Å². The number of hydrogen-bond donors (Lipinski definition) is 0. The molecule has 36 heavy (non-hydrogen) atoms. The molecule has 1 aliphatic carbocycles. The van der Waals surface area contributed by atoms with Crippen molar-refractivity contribution >= 4 is 21.5 Å². The zero-order valence-electron chi connectivity index (χ0n) is 20.3. The van der Waals surface area contributed by atoms with Crippen molar-refractivity contribution in [2.45, 2.75) is 25.2 Å². The quantitative estimate of drug-likeness (QED) is 0.231. The number of fused-ring (bicyclic) bond motifs is 3. The summed E-state index contributed by atoms with van der Waals surface area (Å²) in [6.45, 7) is 0. The van der Waals surface area contributed by atoms with Crippen LogP contribution in [0.25, 0.3) is 43.8 Å². The van der Waals surface area contributed by atoms with Crippen LogP contribution < -0.4 is 0 Å². The number of rotatable bonds is 3. The van der Waals surface area contributed by atoms with E-state index < -0.39 is 0 Å². The second-order valence-corrected chi connectivity index (χ2v) is 9.97. The van der Waals surface area contributed by atoms with Gasteiger partial charge in [0.15, 0.2) is 0 Å². The maximum atomic E-state index is 2.37. The first-order valence-electron chi connectivity index (χ1n) is 13.1. The molecule has 7 rings (SSSR count). The van der Waals surface area contributed by atoms with Crippen LogP contribution in [0.15, 0.2) is 127 Å². The maximum absolute atomic E-state index is 2.37. The van der Waals surface area contributed by atoms with Crippen molar-refractivity contribution in [2.75, 3.05) is 0 Å². The smallest absolute Gasteiger partial charge is 0.00921 e. The average Bonchev–Trinajstić information content (AvgIpc) is 2.96. The van der Waals surface area contributed by atoms with Crippen molar-refractivity contribution in [3.8, 4) is 22.3 Å². The van der Waals surface area contributed by atoms with Gasteiger partial charge in [-0.2, -0.15) is 0 Å². The molecule has 0 aliphatic heterocycles. The number of benzene rings is 6. The van der Waals surface area contributed by atoms with Gasteiger partial charge in [-0.3, -0.25) is 0 Å². The van der Waals surface area contributed by atoms with Crippen LogP contribution in [0.5, 0.6) is 0 Å². The van der Waals surface area contributed by atoms with E-state index in [-0.39, 0.29) is 0 Å². The van der Waals surface area contributed by atoms with E-state index in [1.807, 2.05) is 0 Å². The first kappa shape index (κ1) is 21.1. The van der Waals surface area contributed by atoms with Crippen molar-refractivity contribution < 1.29 is 0 Å². The van der Waals surface area contributed by atoms with Gasteiger partial charge in [0.25, 0.3) is 0 Å². The van der Waals surface area contributed by atoms with Crippen LogP contribution >= 0.6 is 0 Å². The van der Waals surface area contributed by atoms with E-state index in [1.54, 1.807) is 0 Å². The van der Waals surface area contributed by atoms with Gasteiger partial charge in [-0.1, -0.05) is 127 Å². The molecule has 1 unspecified atom stereocenters. The van der Waals surface area contributed by atoms with Gasteiger partial charge < -0.3 is 0 Å². The highest BCUT2D eigenvalue weighted by molar-refractivity contribution is 6.21. The fourth-order valence-electron chi connectivity index (χ4n) is 6.34. The summed E-state index contributed by atoms with van der Waals surface area (Å²) in [6, 6.07) is 47.1. The average molecular weight is 461 g/mol. The third kappa shape index (κ3) is 3.45. The van der Waals surface area contributed by atoms with Gasteiger partial charge in [-0.25, -0.2) is 0 Å². The molecule has 0 fully saturated rings. The molecule has 0 radical (unpaired) electrons. The van der Waals surface area contributed by atoms with Gasteiger partial charge in [0.05, 0.1) is 0 Å². The minimum absolute atomic E-state index is 0.498. The summed E-state index contributed by atoms with van der Waals surface area (Å²) in [5, 5.41) is 5.24. The van der Waals surface area contributed by atoms with E-state index in [0.717, 1.165) is 0 Å². The highest BCUT2D eigenvalue weighted by atomic mass is 14.3. The Hall–Kier alpha value is -4.16. The Morgan fingerprint density at radius 3 is 1.56 bits per heavy atom. The SMILES string of the molecule is c1ccc(-c2c3ccccc3c(-c3ccc(C4CCCc5ccccc54)cc3)c3ccccc23)cc1. The van der Waals surface area contributed by atoms with Crippen LogP contribution in [0.1, 0.15) is 35.4 Å². The molecular weight excluding hydrogens is 432 g/mol. The Labute approximate surface area is 212 Å². The molecule has 0 heteroatoms. The molecule has 0 nitrogen and oxygen atoms in total. The summed E-state index contributed by atoms with van der Waals surface area (Å²) in [5.74, 6) is 0.498. The molecule has 0 amide bonds. The summed E-state index contributed by atoms with van der Waals surface area (Å²) in [5.41, 5.74) is 9.67. The molecule has 0 saturated carbocycles. The van der Waals surface area contributed by atoms with Crippen LogP contribution in [-0.2, 0) is 6.42 Å². The molecule has 0 N–H and O–H groups in total. The maximum Gasteiger partial charge on any atom is 0.00921 e. The van der Waals surface area contributed by atoms with Gasteiger partial charge >= 0.3 is 0 Å². The molecule has 0 spiro atoms. The van der Waals surface area contributed by atoms with Crippen LogP contribution in [0.3, 0.4) is 0 Å². The Morgan fingerprint density at radius 1 is 0.444 bits per heavy atom. The fourth-order valence-corrected chi connectivity index (χ4v) is 6.34. The molecule has 1 atom stereocenters. The highest BCUT2D eigenvalue weighted by Gasteiger charge is 2.22. The minimum atomic E-state index is 0.498. The van der Waals surface area contributed by atoms with Crippen LogP contribution in [0.4, 0.5) is 0 Å². The lowest BCUT2D eigenvalue weighted by Gasteiger charge is -2.26. The molecule has 6 aromatic carbocycles. The van der Waals surface area contributed by atoms with Crippen molar-refractivity contribution in [3.05, 3.63) is 144 Å². The van der Waals surface area contributed by atoms with Gasteiger partial charge in [0, 0.05) is 5.92 Å². The van der Waals surface area contributed by atoms with E-state index in [4.69, 9.17) is 0 Å². The van der Waals surface area contributed by atoms with Crippen molar-refractivity contribution in [2.24, 2.45) is 0 Å². The molecule has 0 aromatic heterocycles. The van der Waals surface area contributed by atoms with Crippen LogP contribution in [-0.4, -0.2) is 0 Å². The highest BCUT2D eigenvalue weighted by Crippen LogP contribution is 2.44. The lowest BCUT2D eigenvalue weighted by atomic mass is 9.78. The van der Waals surface area contributed by atoms with Crippen molar-refractivity contribution in [3.63, 3.8) is 0 Å². The van der Waals surface area contributed by atoms with Gasteiger partial charge in [-0.15, -0.1) is 0 Å². The lowest BCUT2D eigenvalue weighted by Crippen LogP contribution is -2.10. The molecule has 0 bridgehead atoms. The Morgan fingerprint density at radius 2 is 0.944 bits per heavy atom. The molecular formula is C36H28. The Bertz CT molecular complexity index is 1630. The van der Waals surface area contributed by atoms with E-state index in [1.165, 1.54) is 79.8 Å². The summed E-state index contributed by atoms with van der Waals surface area (Å²) in [6.07, 6.45) is 3.70. The minimum Gasteiger partial charge on any atom is -0.0622 e. The topological polar surface area (TPSA) is 0 Å². The monoisotopic (exact) mass is 460 g/mol. The summed E-state index contributed by atoms with van der Waals surface area (Å²) >= 11 is 0. The predicted octanol–water partition coefficient (Wildman–Crippen LogP) is 9.80. The van der Waals surface area contributed by atoms with Crippen molar-refractivity contribution in [1.82, 2.24) is 0 Å². The van der Waals surface area contributed by atoms with E-state index in [2.05, 4.69) is 127 Å². The summed E-state index contributed by atoms with van der Waals surface area (Å²) in [4.78, 5) is 0. The predicted molar refractivity (Wildman–Crippen MR) is 154 cm³/mol. The zero-order valence-corrected chi connectivity index (χ0v) is 20.3. The number of aryl methyl sites for hydroxylation is 1. The third-order valence-electron chi connectivity index (χ3n) is 7.97. The molecule has 0 saturated heterocycles. The van der Waals surface area contributed by atoms with E-state index >= 15 is 0 Å². The number of hydrogen-bond acceptors (Lipinski definition) is 0. The van der Waals surface area contributed by atoms with E-state index in [9.17, 15) is 0 Å². The van der Waals surface area contributed by atoms with Gasteiger partial charge in [0.1, 0.15) is 0 Å². The fraction of sp³-hybridized carbons (Fsp3) is 0.111. The standard InChI is InChI=1S/C36H28/c1-2-12-27(13-3-1)35-31-16-6-8-18-33(31)36(34-19-9-7-17-32(34)35)28-23-21-26(22-24-28)30-20-10-14-25-11-4-5-15-29(25)30/h1-9,11-13,15-19,21-24,30H,10,14,20H2. The van der Waals surface area contributed by atoms with Crippen molar-refractivity contribution in [1.29, 1.82) is 0 Å². The normalized spacial score (nSPS) is 15.2. The zero-order chi connectivity index (χ0) is 23.9. The third-order valence-corrected chi connectivity index (χ3v) is 7.97. The second kappa shape index (κ2) is 8.81. The molecule has 6 aromatic rings. The molecule has 172 valence electrons. The molecule has 1 aliphatic rings. The van der Waals surface area contributed by atoms with Crippen LogP contribution in [0, 0.1) is 0 Å². The van der Waals surface area contributed by atoms with E-state index in [0.29, 0.717) is 5.92 Å².